The lowest BCUT2D eigenvalue weighted by atomic mass is 10.3. The fraction of sp³-hybridized carbons (Fsp3) is 0.700. The van der Waals surface area contributed by atoms with Gasteiger partial charge in [0.05, 0.1) is 12.6 Å². The van der Waals surface area contributed by atoms with Gasteiger partial charge in [-0.2, -0.15) is 0 Å². The zero-order valence-electron chi connectivity index (χ0n) is 9.16. The van der Waals surface area contributed by atoms with Crippen LogP contribution in [-0.2, 0) is 11.3 Å². The van der Waals surface area contributed by atoms with Gasteiger partial charge in [-0.1, -0.05) is 6.92 Å². The van der Waals surface area contributed by atoms with Gasteiger partial charge in [0.2, 0.25) is 0 Å². The normalized spacial score (nSPS) is 13.1. The van der Waals surface area contributed by atoms with Gasteiger partial charge < -0.3 is 14.6 Å². The van der Waals surface area contributed by atoms with E-state index < -0.39 is 0 Å². The molecule has 0 saturated carbocycles. The van der Waals surface area contributed by atoms with Gasteiger partial charge in [-0.05, 0) is 13.5 Å². The summed E-state index contributed by atoms with van der Waals surface area (Å²) < 4.78 is 7.30. The first-order chi connectivity index (χ1) is 6.83. The van der Waals surface area contributed by atoms with Gasteiger partial charge in [0.15, 0.2) is 0 Å². The molecule has 1 heterocycles. The lowest BCUT2D eigenvalue weighted by molar-refractivity contribution is 0.165. The molecule has 0 saturated heterocycles. The van der Waals surface area contributed by atoms with Crippen LogP contribution in [0.3, 0.4) is 0 Å². The lowest BCUT2D eigenvalue weighted by Gasteiger charge is -2.16. The maximum Gasteiger partial charge on any atom is 0.128 e. The summed E-state index contributed by atoms with van der Waals surface area (Å²) in [5, 5.41) is 3.20. The molecule has 0 aliphatic carbocycles. The summed E-state index contributed by atoms with van der Waals surface area (Å²) in [6, 6.07) is 0.182. The molecule has 0 radical (unpaired) electrons. The maximum atomic E-state index is 5.14. The molecule has 0 amide bonds. The third-order valence-electron chi connectivity index (χ3n) is 2.21. The Labute approximate surface area is 85.3 Å². The topological polar surface area (TPSA) is 39.1 Å². The van der Waals surface area contributed by atoms with Gasteiger partial charge in [0, 0.05) is 26.0 Å². The number of imidazole rings is 1. The number of nitrogens with zero attached hydrogens (tertiary/aromatic N) is 2. The number of nitrogens with one attached hydrogen (secondary N) is 1. The highest BCUT2D eigenvalue weighted by Gasteiger charge is 2.13. The molecule has 1 rings (SSSR count). The zero-order valence-corrected chi connectivity index (χ0v) is 9.16. The Morgan fingerprint density at radius 2 is 2.43 bits per heavy atom. The minimum atomic E-state index is 0.182. The molecular formula is C10H19N3O. The highest BCUT2D eigenvalue weighted by molar-refractivity contribution is 4.99. The van der Waals surface area contributed by atoms with Crippen LogP contribution in [-0.4, -0.2) is 30.3 Å². The quantitative estimate of drug-likeness (QED) is 0.744. The minimum Gasteiger partial charge on any atom is -0.383 e. The van der Waals surface area contributed by atoms with Crippen LogP contribution in [0.1, 0.15) is 25.2 Å². The number of ether oxygens (including phenoxy) is 1. The first kappa shape index (κ1) is 11.2. The predicted molar refractivity (Wildman–Crippen MR) is 56.2 cm³/mol. The fourth-order valence-electron chi connectivity index (χ4n) is 1.51. The van der Waals surface area contributed by atoms with Crippen LogP contribution in [0.2, 0.25) is 0 Å². The first-order valence-corrected chi connectivity index (χ1v) is 5.00. The van der Waals surface area contributed by atoms with Crippen LogP contribution in [0, 0.1) is 0 Å². The molecule has 0 aliphatic rings. The maximum absolute atomic E-state index is 5.14. The molecule has 0 spiro atoms. The Bertz CT molecular complexity index is 260. The third kappa shape index (κ3) is 2.56. The van der Waals surface area contributed by atoms with Gasteiger partial charge >= 0.3 is 0 Å². The summed E-state index contributed by atoms with van der Waals surface area (Å²) in [6.45, 7) is 3.82. The van der Waals surface area contributed by atoms with Crippen molar-refractivity contribution in [3.8, 4) is 0 Å². The minimum absolute atomic E-state index is 0.182. The Morgan fingerprint density at radius 3 is 3.00 bits per heavy atom. The van der Waals surface area contributed by atoms with Gasteiger partial charge in [-0.3, -0.25) is 0 Å². The van der Waals surface area contributed by atoms with Crippen molar-refractivity contribution in [2.24, 2.45) is 0 Å². The van der Waals surface area contributed by atoms with Crippen LogP contribution < -0.4 is 5.32 Å². The Hall–Kier alpha value is -0.870. The molecule has 1 aromatic rings. The largest absolute Gasteiger partial charge is 0.383 e. The summed E-state index contributed by atoms with van der Waals surface area (Å²) in [6.07, 6.45) is 4.97. The molecule has 1 atom stereocenters. The van der Waals surface area contributed by atoms with E-state index in [9.17, 15) is 0 Å². The molecule has 4 heteroatoms. The van der Waals surface area contributed by atoms with E-state index in [1.165, 1.54) is 0 Å². The Morgan fingerprint density at radius 1 is 1.64 bits per heavy atom. The standard InChI is InChI=1S/C10H19N3O/c1-4-6-13-7-5-12-10(13)9(11-2)8-14-3/h5,7,9,11H,4,6,8H2,1-3H3. The Kier molecular flexibility index (Phi) is 4.62. The van der Waals surface area contributed by atoms with Crippen molar-refractivity contribution in [2.75, 3.05) is 20.8 Å². The molecule has 4 nitrogen and oxygen atoms in total. The summed E-state index contributed by atoms with van der Waals surface area (Å²) in [5.74, 6) is 1.05. The van der Waals surface area contributed by atoms with Gasteiger partial charge in [0.1, 0.15) is 5.82 Å². The number of aryl methyl sites for hydroxylation is 1. The molecule has 1 N–H and O–H groups in total. The van der Waals surface area contributed by atoms with E-state index in [1.807, 2.05) is 19.4 Å². The molecule has 0 fully saturated rings. The molecule has 1 unspecified atom stereocenters. The van der Waals surface area contributed by atoms with Gasteiger partial charge in [-0.25, -0.2) is 4.98 Å². The van der Waals surface area contributed by atoms with Crippen LogP contribution in [0.25, 0.3) is 0 Å². The molecule has 1 aromatic heterocycles. The van der Waals surface area contributed by atoms with Crippen molar-refractivity contribution < 1.29 is 4.74 Å². The molecule has 80 valence electrons. The van der Waals surface area contributed by atoms with E-state index in [-0.39, 0.29) is 6.04 Å². The van der Waals surface area contributed by atoms with Gasteiger partial charge in [0.25, 0.3) is 0 Å². The number of hydrogen-bond donors (Lipinski definition) is 1. The monoisotopic (exact) mass is 197 g/mol. The van der Waals surface area contributed by atoms with Crippen molar-refractivity contribution in [2.45, 2.75) is 25.9 Å². The third-order valence-corrected chi connectivity index (χ3v) is 2.21. The van der Waals surface area contributed by atoms with Gasteiger partial charge in [-0.15, -0.1) is 0 Å². The van der Waals surface area contributed by atoms with Crippen molar-refractivity contribution in [1.29, 1.82) is 0 Å². The van der Waals surface area contributed by atoms with E-state index in [0.29, 0.717) is 6.61 Å². The predicted octanol–water partition coefficient (Wildman–Crippen LogP) is 1.20. The SMILES string of the molecule is CCCn1ccnc1C(COC)NC. The molecule has 0 aromatic carbocycles. The highest BCUT2D eigenvalue weighted by Crippen LogP contribution is 2.11. The van der Waals surface area contributed by atoms with E-state index >= 15 is 0 Å². The molecule has 0 bridgehead atoms. The van der Waals surface area contributed by atoms with Crippen LogP contribution in [0.5, 0.6) is 0 Å². The molecule has 0 aliphatic heterocycles. The van der Waals surface area contributed by atoms with E-state index in [2.05, 4.69) is 21.8 Å². The van der Waals surface area contributed by atoms with Crippen molar-refractivity contribution in [1.82, 2.24) is 14.9 Å². The average molecular weight is 197 g/mol. The number of aromatic nitrogens is 2. The van der Waals surface area contributed by atoms with Crippen molar-refractivity contribution in [3.05, 3.63) is 18.2 Å². The number of rotatable bonds is 6. The number of likely N-dealkylation sites (N-methyl/N-ethyl adjacent to an activating group) is 1. The first-order valence-electron chi connectivity index (χ1n) is 5.00. The summed E-state index contributed by atoms with van der Waals surface area (Å²) >= 11 is 0. The van der Waals surface area contributed by atoms with E-state index in [0.717, 1.165) is 18.8 Å². The van der Waals surface area contributed by atoms with Crippen LogP contribution >= 0.6 is 0 Å². The Balaban J connectivity index is 2.74. The second-order valence-corrected chi connectivity index (χ2v) is 3.28. The summed E-state index contributed by atoms with van der Waals surface area (Å²) in [5.41, 5.74) is 0. The molecule has 14 heavy (non-hydrogen) atoms. The smallest absolute Gasteiger partial charge is 0.128 e. The van der Waals surface area contributed by atoms with E-state index in [4.69, 9.17) is 4.74 Å². The van der Waals surface area contributed by atoms with Crippen LogP contribution in [0.15, 0.2) is 12.4 Å². The fourth-order valence-corrected chi connectivity index (χ4v) is 1.51. The van der Waals surface area contributed by atoms with Crippen molar-refractivity contribution in [3.63, 3.8) is 0 Å². The summed E-state index contributed by atoms with van der Waals surface area (Å²) in [4.78, 5) is 4.35. The second-order valence-electron chi connectivity index (χ2n) is 3.28. The number of hydrogen-bond acceptors (Lipinski definition) is 3. The average Bonchev–Trinajstić information content (AvgIpc) is 2.63. The zero-order chi connectivity index (χ0) is 10.4. The van der Waals surface area contributed by atoms with Crippen LogP contribution in [0.4, 0.5) is 0 Å². The molecular weight excluding hydrogens is 178 g/mol. The second kappa shape index (κ2) is 5.78. The van der Waals surface area contributed by atoms with E-state index in [1.54, 1.807) is 7.11 Å². The number of methoxy groups -OCH3 is 1. The van der Waals surface area contributed by atoms with Crippen molar-refractivity contribution >= 4 is 0 Å². The lowest BCUT2D eigenvalue weighted by Crippen LogP contribution is -2.24. The summed E-state index contributed by atoms with van der Waals surface area (Å²) in [7, 11) is 3.63. The highest BCUT2D eigenvalue weighted by atomic mass is 16.5.